The third-order valence-electron chi connectivity index (χ3n) is 5.34. The number of benzene rings is 3. The topological polar surface area (TPSA) is 80.7 Å². The molecule has 6 nitrogen and oxygen atoms in total. The summed E-state index contributed by atoms with van der Waals surface area (Å²) in [6.07, 6.45) is 1.85. The maximum atomic E-state index is 13.0. The van der Waals surface area contributed by atoms with E-state index in [-0.39, 0.29) is 18.1 Å². The van der Waals surface area contributed by atoms with Crippen molar-refractivity contribution in [1.82, 2.24) is 10.3 Å². The minimum absolute atomic E-state index is 0.0305. The summed E-state index contributed by atoms with van der Waals surface area (Å²) >= 11 is 0. The van der Waals surface area contributed by atoms with Gasteiger partial charge in [0.2, 0.25) is 5.91 Å². The molecule has 3 aromatic carbocycles. The van der Waals surface area contributed by atoms with Crippen LogP contribution in [0.2, 0.25) is 0 Å². The van der Waals surface area contributed by atoms with Crippen molar-refractivity contribution >= 4 is 16.8 Å². The van der Waals surface area contributed by atoms with Gasteiger partial charge in [-0.25, -0.2) is 0 Å². The van der Waals surface area contributed by atoms with E-state index in [1.807, 2.05) is 60.7 Å². The van der Waals surface area contributed by atoms with E-state index in [0.29, 0.717) is 22.6 Å². The van der Waals surface area contributed by atoms with E-state index in [1.165, 1.54) is 0 Å². The smallest absolute Gasteiger partial charge is 0.225 e. The molecule has 0 fully saturated rings. The number of phenols is 1. The number of carbonyl (C=O) groups is 1. The summed E-state index contributed by atoms with van der Waals surface area (Å²) in [5.41, 5.74) is 2.67. The highest BCUT2D eigenvalue weighted by Crippen LogP contribution is 2.37. The molecule has 0 radical (unpaired) electrons. The van der Waals surface area contributed by atoms with Crippen LogP contribution >= 0.6 is 0 Å². The highest BCUT2D eigenvalue weighted by atomic mass is 16.5. The molecule has 1 amide bonds. The number of hydrogen-bond donors (Lipinski definition) is 2. The van der Waals surface area contributed by atoms with E-state index in [0.717, 1.165) is 16.5 Å². The first kappa shape index (κ1) is 21.2. The maximum Gasteiger partial charge on any atom is 0.225 e. The van der Waals surface area contributed by atoms with Crippen LogP contribution in [0.3, 0.4) is 0 Å². The number of ether oxygens (including phenoxy) is 2. The fourth-order valence-electron chi connectivity index (χ4n) is 3.74. The predicted octanol–water partition coefficient (Wildman–Crippen LogP) is 4.41. The lowest BCUT2D eigenvalue weighted by Crippen LogP contribution is -2.30. The quantitative estimate of drug-likeness (QED) is 0.456. The van der Waals surface area contributed by atoms with E-state index in [9.17, 15) is 9.90 Å². The van der Waals surface area contributed by atoms with Gasteiger partial charge >= 0.3 is 0 Å². The van der Waals surface area contributed by atoms with Gasteiger partial charge in [0.25, 0.3) is 0 Å². The van der Waals surface area contributed by atoms with Gasteiger partial charge in [0.15, 0.2) is 11.5 Å². The van der Waals surface area contributed by atoms with Gasteiger partial charge in [0.1, 0.15) is 11.3 Å². The molecule has 0 saturated heterocycles. The first-order valence-electron chi connectivity index (χ1n) is 10.2. The number of aromatic hydroxyl groups is 1. The summed E-state index contributed by atoms with van der Waals surface area (Å²) in [6, 6.07) is 21.7. The molecular weight excluding hydrogens is 404 g/mol. The summed E-state index contributed by atoms with van der Waals surface area (Å²) in [5.74, 6) is 0.972. The van der Waals surface area contributed by atoms with Crippen molar-refractivity contribution < 1.29 is 19.4 Å². The van der Waals surface area contributed by atoms with Crippen LogP contribution in [-0.4, -0.2) is 30.2 Å². The van der Waals surface area contributed by atoms with E-state index in [4.69, 9.17) is 9.47 Å². The number of amides is 1. The number of pyridine rings is 1. The van der Waals surface area contributed by atoms with Crippen LogP contribution in [0.5, 0.6) is 17.2 Å². The van der Waals surface area contributed by atoms with Crippen LogP contribution in [-0.2, 0) is 11.2 Å². The SMILES string of the molecule is COc1ccc([C@H](NC(=O)Cc2ccccc2)c2ccc3cccnc3c2O)cc1OC. The zero-order valence-electron chi connectivity index (χ0n) is 17.9. The third-order valence-corrected chi connectivity index (χ3v) is 5.34. The molecule has 1 atom stereocenters. The van der Waals surface area contributed by atoms with E-state index < -0.39 is 6.04 Å². The average molecular weight is 428 g/mol. The van der Waals surface area contributed by atoms with Gasteiger partial charge < -0.3 is 19.9 Å². The van der Waals surface area contributed by atoms with Crippen molar-refractivity contribution in [3.8, 4) is 17.2 Å². The lowest BCUT2D eigenvalue weighted by atomic mass is 9.95. The Morgan fingerprint density at radius 1 is 0.969 bits per heavy atom. The summed E-state index contributed by atoms with van der Waals surface area (Å²) < 4.78 is 10.8. The van der Waals surface area contributed by atoms with Crippen molar-refractivity contribution in [3.63, 3.8) is 0 Å². The summed E-state index contributed by atoms with van der Waals surface area (Å²) in [4.78, 5) is 17.3. The van der Waals surface area contributed by atoms with Gasteiger partial charge in [0, 0.05) is 17.1 Å². The van der Waals surface area contributed by atoms with Crippen LogP contribution in [0.4, 0.5) is 0 Å². The minimum atomic E-state index is -0.613. The lowest BCUT2D eigenvalue weighted by molar-refractivity contribution is -0.120. The Balaban J connectivity index is 1.76. The molecule has 0 spiro atoms. The van der Waals surface area contributed by atoms with Crippen molar-refractivity contribution in [2.75, 3.05) is 14.2 Å². The van der Waals surface area contributed by atoms with Gasteiger partial charge in [-0.15, -0.1) is 0 Å². The number of nitrogens with zero attached hydrogens (tertiary/aromatic N) is 1. The van der Waals surface area contributed by atoms with Gasteiger partial charge in [-0.05, 0) is 29.3 Å². The molecule has 1 heterocycles. The number of nitrogens with one attached hydrogen (secondary N) is 1. The predicted molar refractivity (Wildman–Crippen MR) is 123 cm³/mol. The van der Waals surface area contributed by atoms with Crippen LogP contribution in [0.1, 0.15) is 22.7 Å². The average Bonchev–Trinajstić information content (AvgIpc) is 2.83. The Hall–Kier alpha value is -4.06. The summed E-state index contributed by atoms with van der Waals surface area (Å²) in [6.45, 7) is 0. The van der Waals surface area contributed by atoms with Crippen molar-refractivity contribution in [2.45, 2.75) is 12.5 Å². The molecule has 4 rings (SSSR count). The zero-order valence-corrected chi connectivity index (χ0v) is 17.9. The molecule has 0 aliphatic carbocycles. The maximum absolute atomic E-state index is 13.0. The number of fused-ring (bicyclic) bond motifs is 1. The van der Waals surface area contributed by atoms with Gasteiger partial charge in [-0.1, -0.05) is 54.6 Å². The fraction of sp³-hybridized carbons (Fsp3) is 0.154. The second-order valence-electron chi connectivity index (χ2n) is 7.36. The summed E-state index contributed by atoms with van der Waals surface area (Å²) in [5, 5.41) is 14.9. The standard InChI is InChI=1S/C26H24N2O4/c1-31-21-13-11-19(16-22(21)32-2)24(28-23(29)15-17-7-4-3-5-8-17)20-12-10-18-9-6-14-27-25(18)26(20)30/h3-14,16,24,30H,15H2,1-2H3,(H,28,29)/t24-/m0/s1. The van der Waals surface area contributed by atoms with Crippen LogP contribution in [0.25, 0.3) is 10.9 Å². The number of hydrogen-bond acceptors (Lipinski definition) is 5. The molecule has 0 bridgehead atoms. The van der Waals surface area contributed by atoms with Gasteiger partial charge in [0.05, 0.1) is 26.7 Å². The van der Waals surface area contributed by atoms with Crippen molar-refractivity contribution in [2.24, 2.45) is 0 Å². The third kappa shape index (κ3) is 4.34. The minimum Gasteiger partial charge on any atom is -0.505 e. The molecule has 0 saturated carbocycles. The monoisotopic (exact) mass is 428 g/mol. The molecule has 4 aromatic rings. The molecule has 1 aromatic heterocycles. The number of methoxy groups -OCH3 is 2. The van der Waals surface area contributed by atoms with Crippen LogP contribution < -0.4 is 14.8 Å². The lowest BCUT2D eigenvalue weighted by Gasteiger charge is -2.22. The first-order valence-corrected chi connectivity index (χ1v) is 10.2. The van der Waals surface area contributed by atoms with Crippen molar-refractivity contribution in [1.29, 1.82) is 0 Å². The first-order chi connectivity index (χ1) is 15.6. The second kappa shape index (κ2) is 9.39. The highest BCUT2D eigenvalue weighted by molar-refractivity contribution is 5.86. The molecule has 0 unspecified atom stereocenters. The van der Waals surface area contributed by atoms with Crippen LogP contribution in [0, 0.1) is 0 Å². The van der Waals surface area contributed by atoms with E-state index in [2.05, 4.69) is 10.3 Å². The van der Waals surface area contributed by atoms with Crippen molar-refractivity contribution in [3.05, 3.63) is 95.7 Å². The Bertz CT molecular complexity index is 1240. The second-order valence-corrected chi connectivity index (χ2v) is 7.36. The summed E-state index contributed by atoms with van der Waals surface area (Å²) in [7, 11) is 3.12. The van der Waals surface area contributed by atoms with E-state index in [1.54, 1.807) is 32.5 Å². The Kier molecular flexibility index (Phi) is 6.22. The largest absolute Gasteiger partial charge is 0.505 e. The van der Waals surface area contributed by atoms with Gasteiger partial charge in [-0.2, -0.15) is 0 Å². The molecule has 2 N–H and O–H groups in total. The van der Waals surface area contributed by atoms with Gasteiger partial charge in [-0.3, -0.25) is 9.78 Å². The number of aromatic nitrogens is 1. The Morgan fingerprint density at radius 2 is 1.75 bits per heavy atom. The molecule has 6 heteroatoms. The van der Waals surface area contributed by atoms with E-state index >= 15 is 0 Å². The molecule has 32 heavy (non-hydrogen) atoms. The molecular formula is C26H24N2O4. The number of phenolic OH excluding ortho intramolecular Hbond substituents is 1. The normalized spacial score (nSPS) is 11.7. The molecule has 162 valence electrons. The molecule has 0 aliphatic rings. The highest BCUT2D eigenvalue weighted by Gasteiger charge is 2.23. The zero-order chi connectivity index (χ0) is 22.5. The Morgan fingerprint density at radius 3 is 2.50 bits per heavy atom. The Labute approximate surface area is 186 Å². The number of carbonyl (C=O) groups excluding carboxylic acids is 1. The molecule has 0 aliphatic heterocycles. The van der Waals surface area contributed by atoms with Crippen LogP contribution in [0.15, 0.2) is 79.0 Å². The fourth-order valence-corrected chi connectivity index (χ4v) is 3.74. The number of rotatable bonds is 7.